The molecule has 3 nitrogen and oxygen atoms in total. The van der Waals surface area contributed by atoms with Gasteiger partial charge in [0.1, 0.15) is 0 Å². The number of nitrogens with zero attached hydrogens (tertiary/aromatic N) is 1. The number of rotatable bonds is 9. The van der Waals surface area contributed by atoms with Gasteiger partial charge in [0.05, 0.1) is 12.7 Å². The molecule has 0 aromatic heterocycles. The van der Waals surface area contributed by atoms with Gasteiger partial charge >= 0.3 is 0 Å². The van der Waals surface area contributed by atoms with Crippen molar-refractivity contribution in [3.8, 4) is 0 Å². The van der Waals surface area contributed by atoms with Crippen molar-refractivity contribution in [3.63, 3.8) is 0 Å². The molecule has 1 saturated heterocycles. The normalized spacial score (nSPS) is 27.1. The molecule has 1 saturated carbocycles. The van der Waals surface area contributed by atoms with Crippen LogP contribution >= 0.6 is 0 Å². The Hall–Kier alpha value is -0.120. The zero-order chi connectivity index (χ0) is 14.2. The predicted octanol–water partition coefficient (Wildman–Crippen LogP) is 3.05. The number of fused-ring (bicyclic) bond motifs is 1. The summed E-state index contributed by atoms with van der Waals surface area (Å²) in [5.41, 5.74) is 0. The van der Waals surface area contributed by atoms with Crippen molar-refractivity contribution in [3.05, 3.63) is 0 Å². The van der Waals surface area contributed by atoms with Crippen molar-refractivity contribution < 1.29 is 4.74 Å². The van der Waals surface area contributed by atoms with E-state index in [1.807, 2.05) is 0 Å². The zero-order valence-corrected chi connectivity index (χ0v) is 13.6. The SMILES string of the molecule is CC(C)CNCCCCCCN1CCOC2CCCC21. The summed E-state index contributed by atoms with van der Waals surface area (Å²) >= 11 is 0. The van der Waals surface area contributed by atoms with Crippen LogP contribution in [0.1, 0.15) is 58.8 Å². The largest absolute Gasteiger partial charge is 0.375 e. The van der Waals surface area contributed by atoms with E-state index in [9.17, 15) is 0 Å². The monoisotopic (exact) mass is 282 g/mol. The van der Waals surface area contributed by atoms with Gasteiger partial charge in [0.25, 0.3) is 0 Å². The van der Waals surface area contributed by atoms with Crippen LogP contribution in [-0.4, -0.2) is 49.8 Å². The second-order valence-electron chi connectivity index (χ2n) is 6.96. The third-order valence-electron chi connectivity index (χ3n) is 4.70. The molecule has 0 aromatic rings. The summed E-state index contributed by atoms with van der Waals surface area (Å²) in [4.78, 5) is 2.71. The average molecular weight is 282 g/mol. The lowest BCUT2D eigenvalue weighted by Crippen LogP contribution is -2.48. The molecule has 1 heterocycles. The molecule has 1 aliphatic heterocycles. The first-order valence-electron chi connectivity index (χ1n) is 8.83. The first-order chi connectivity index (χ1) is 9.77. The first kappa shape index (κ1) is 16.3. The number of hydrogen-bond donors (Lipinski definition) is 1. The summed E-state index contributed by atoms with van der Waals surface area (Å²) in [6.45, 7) is 10.3. The highest BCUT2D eigenvalue weighted by molar-refractivity contribution is 4.89. The first-order valence-corrected chi connectivity index (χ1v) is 8.83. The van der Waals surface area contributed by atoms with E-state index in [2.05, 4.69) is 24.1 Å². The maximum atomic E-state index is 5.87. The molecule has 0 aromatic carbocycles. The van der Waals surface area contributed by atoms with Crippen molar-refractivity contribution in [2.45, 2.75) is 70.9 Å². The summed E-state index contributed by atoms with van der Waals surface area (Å²) in [7, 11) is 0. The van der Waals surface area contributed by atoms with Crippen LogP contribution in [0.3, 0.4) is 0 Å². The minimum Gasteiger partial charge on any atom is -0.375 e. The number of ether oxygens (including phenoxy) is 1. The Labute approximate surface area is 125 Å². The fraction of sp³-hybridized carbons (Fsp3) is 1.00. The van der Waals surface area contributed by atoms with E-state index in [-0.39, 0.29) is 0 Å². The summed E-state index contributed by atoms with van der Waals surface area (Å²) in [5.74, 6) is 0.774. The molecule has 2 unspecified atom stereocenters. The molecule has 0 spiro atoms. The van der Waals surface area contributed by atoms with Gasteiger partial charge in [-0.1, -0.05) is 26.7 Å². The Morgan fingerprint density at radius 2 is 2.00 bits per heavy atom. The fourth-order valence-electron chi connectivity index (χ4n) is 3.59. The maximum absolute atomic E-state index is 5.87. The second-order valence-corrected chi connectivity index (χ2v) is 6.96. The molecular formula is C17H34N2O. The summed E-state index contributed by atoms with van der Waals surface area (Å²) in [6, 6.07) is 0.747. The summed E-state index contributed by atoms with van der Waals surface area (Å²) < 4.78 is 5.87. The van der Waals surface area contributed by atoms with Gasteiger partial charge in [-0.2, -0.15) is 0 Å². The van der Waals surface area contributed by atoms with Gasteiger partial charge in [0.15, 0.2) is 0 Å². The highest BCUT2D eigenvalue weighted by Gasteiger charge is 2.35. The molecule has 2 atom stereocenters. The standard InChI is InChI=1S/C17H34N2O/c1-15(2)14-18-10-5-3-4-6-11-19-12-13-20-17-9-7-8-16(17)19/h15-18H,3-14H2,1-2H3. The molecular weight excluding hydrogens is 248 g/mol. The fourth-order valence-corrected chi connectivity index (χ4v) is 3.59. The van der Waals surface area contributed by atoms with Crippen LogP contribution in [0.5, 0.6) is 0 Å². The average Bonchev–Trinajstić information content (AvgIpc) is 2.90. The number of nitrogens with one attached hydrogen (secondary N) is 1. The summed E-state index contributed by atoms with van der Waals surface area (Å²) in [6.07, 6.45) is 10.1. The third kappa shape index (κ3) is 5.34. The van der Waals surface area contributed by atoms with Gasteiger partial charge in [0.2, 0.25) is 0 Å². The minimum absolute atomic E-state index is 0.559. The van der Waals surface area contributed by atoms with Crippen LogP contribution in [0.4, 0.5) is 0 Å². The van der Waals surface area contributed by atoms with Crippen LogP contribution in [0.2, 0.25) is 0 Å². The van der Waals surface area contributed by atoms with Crippen LogP contribution in [0.15, 0.2) is 0 Å². The lowest BCUT2D eigenvalue weighted by Gasteiger charge is -2.37. The molecule has 1 N–H and O–H groups in total. The van der Waals surface area contributed by atoms with Crippen LogP contribution in [-0.2, 0) is 4.74 Å². The lowest BCUT2D eigenvalue weighted by atomic mass is 10.1. The summed E-state index contributed by atoms with van der Waals surface area (Å²) in [5, 5.41) is 3.53. The minimum atomic E-state index is 0.559. The van der Waals surface area contributed by atoms with Crippen LogP contribution in [0, 0.1) is 5.92 Å². The molecule has 118 valence electrons. The van der Waals surface area contributed by atoms with Crippen LogP contribution in [0.25, 0.3) is 0 Å². The number of morpholine rings is 1. The highest BCUT2D eigenvalue weighted by atomic mass is 16.5. The van der Waals surface area contributed by atoms with Gasteiger partial charge in [-0.15, -0.1) is 0 Å². The molecule has 2 fully saturated rings. The molecule has 0 radical (unpaired) electrons. The van der Waals surface area contributed by atoms with E-state index in [4.69, 9.17) is 4.74 Å². The molecule has 20 heavy (non-hydrogen) atoms. The Bertz CT molecular complexity index is 257. The lowest BCUT2D eigenvalue weighted by molar-refractivity contribution is -0.0558. The van der Waals surface area contributed by atoms with Crippen molar-refractivity contribution in [2.24, 2.45) is 5.92 Å². The Balaban J connectivity index is 1.46. The topological polar surface area (TPSA) is 24.5 Å². The van der Waals surface area contributed by atoms with Crippen molar-refractivity contribution in [1.82, 2.24) is 10.2 Å². The Kier molecular flexibility index (Phi) is 7.32. The van der Waals surface area contributed by atoms with Gasteiger partial charge < -0.3 is 10.1 Å². The quantitative estimate of drug-likeness (QED) is 0.658. The smallest absolute Gasteiger partial charge is 0.0730 e. The third-order valence-corrected chi connectivity index (χ3v) is 4.70. The second kappa shape index (κ2) is 9.01. The van der Waals surface area contributed by atoms with E-state index in [1.165, 1.54) is 58.0 Å². The molecule has 3 heteroatoms. The van der Waals surface area contributed by atoms with Crippen molar-refractivity contribution in [1.29, 1.82) is 0 Å². The van der Waals surface area contributed by atoms with E-state index < -0.39 is 0 Å². The zero-order valence-electron chi connectivity index (χ0n) is 13.6. The molecule has 2 aliphatic rings. The van der Waals surface area contributed by atoms with E-state index in [0.29, 0.717) is 6.10 Å². The van der Waals surface area contributed by atoms with Crippen molar-refractivity contribution in [2.75, 3.05) is 32.8 Å². The van der Waals surface area contributed by atoms with E-state index in [1.54, 1.807) is 0 Å². The van der Waals surface area contributed by atoms with Gasteiger partial charge in [0, 0.05) is 12.6 Å². The van der Waals surface area contributed by atoms with Crippen LogP contribution < -0.4 is 5.32 Å². The molecule has 2 rings (SSSR count). The van der Waals surface area contributed by atoms with Crippen molar-refractivity contribution >= 4 is 0 Å². The molecule has 0 bridgehead atoms. The Morgan fingerprint density at radius 1 is 1.15 bits per heavy atom. The molecule has 0 amide bonds. The predicted molar refractivity (Wildman–Crippen MR) is 85.1 cm³/mol. The van der Waals surface area contributed by atoms with Gasteiger partial charge in [-0.25, -0.2) is 0 Å². The Morgan fingerprint density at radius 3 is 2.85 bits per heavy atom. The van der Waals surface area contributed by atoms with Gasteiger partial charge in [-0.3, -0.25) is 4.90 Å². The molecule has 1 aliphatic carbocycles. The number of unbranched alkanes of at least 4 members (excludes halogenated alkanes) is 3. The van der Waals surface area contributed by atoms with E-state index in [0.717, 1.165) is 31.7 Å². The van der Waals surface area contributed by atoms with E-state index >= 15 is 0 Å². The maximum Gasteiger partial charge on any atom is 0.0730 e. The highest BCUT2D eigenvalue weighted by Crippen LogP contribution is 2.29. The number of hydrogen-bond acceptors (Lipinski definition) is 3. The van der Waals surface area contributed by atoms with Gasteiger partial charge in [-0.05, 0) is 57.7 Å².